The molecule has 0 radical (unpaired) electrons. The van der Waals surface area contributed by atoms with Crippen LogP contribution in [-0.2, 0) is 23.9 Å². The van der Waals surface area contributed by atoms with Crippen LogP contribution in [0, 0.1) is 0 Å². The molecule has 0 unspecified atom stereocenters. The quantitative estimate of drug-likeness (QED) is 0.482. The van der Waals surface area contributed by atoms with Crippen molar-refractivity contribution in [3.8, 4) is 0 Å². The molecule has 0 bridgehead atoms. The largest absolute Gasteiger partial charge is 0.481 e. The van der Waals surface area contributed by atoms with Crippen molar-refractivity contribution in [2.24, 2.45) is 0 Å². The molecule has 0 aromatic rings. The van der Waals surface area contributed by atoms with E-state index in [1.165, 1.54) is 14.2 Å². The summed E-state index contributed by atoms with van der Waals surface area (Å²) in [5, 5.41) is 7.42. The molecule has 0 spiro atoms. The molecule has 0 atom stereocenters. The second-order valence-electron chi connectivity index (χ2n) is 1.85. The molecular weight excluding hydrogens is 180 g/mol. The number of carbonyl (C=O) groups excluding carboxylic acids is 2. The van der Waals surface area contributed by atoms with E-state index in [0.29, 0.717) is 0 Å². The van der Waals surface area contributed by atoms with E-state index in [-0.39, 0.29) is 6.42 Å². The fourth-order valence-corrected chi connectivity index (χ4v) is 0.262. The van der Waals surface area contributed by atoms with Crippen molar-refractivity contribution in [1.82, 2.24) is 0 Å². The highest BCUT2D eigenvalue weighted by molar-refractivity contribution is 5.90. The zero-order chi connectivity index (χ0) is 10.9. The van der Waals surface area contributed by atoms with Gasteiger partial charge in [0.1, 0.15) is 6.42 Å². The number of hydrogen-bond acceptors (Lipinski definition) is 5. The topological polar surface area (TPSA) is 89.9 Å². The van der Waals surface area contributed by atoms with Crippen LogP contribution >= 0.6 is 0 Å². The van der Waals surface area contributed by atoms with E-state index in [1.54, 1.807) is 0 Å². The summed E-state index contributed by atoms with van der Waals surface area (Å²) in [6, 6.07) is 0. The molecule has 6 nitrogen and oxygen atoms in total. The Hall–Kier alpha value is -1.59. The minimum absolute atomic E-state index is 0.312. The van der Waals surface area contributed by atoms with Crippen LogP contribution < -0.4 is 0 Å². The molecule has 0 aliphatic heterocycles. The maximum atomic E-state index is 10.3. The summed E-state index contributed by atoms with van der Waals surface area (Å²) < 4.78 is 8.37. The number of aliphatic carboxylic acids is 1. The normalized spacial score (nSPS) is 7.62. The number of carboxylic acid groups (broad SMARTS) is 1. The highest BCUT2D eigenvalue weighted by Crippen LogP contribution is 1.85. The summed E-state index contributed by atoms with van der Waals surface area (Å²) in [5.41, 5.74) is 0. The van der Waals surface area contributed by atoms with Gasteiger partial charge in [-0.05, 0) is 0 Å². The van der Waals surface area contributed by atoms with Gasteiger partial charge in [0.2, 0.25) is 0 Å². The molecule has 1 N–H and O–H groups in total. The maximum absolute atomic E-state index is 10.3. The Kier molecular flexibility index (Phi) is 9.14. The third-order valence-electron chi connectivity index (χ3n) is 0.744. The standard InChI is InChI=1S/C5H8O4.C2H4O2/c1-8-4(6)3-5(7)9-2;1-2(3)4/h3H2,1-2H3;1H3,(H,3,4). The number of hydrogen-bond donors (Lipinski definition) is 1. The summed E-state index contributed by atoms with van der Waals surface area (Å²) in [6.45, 7) is 1.08. The number of esters is 2. The van der Waals surface area contributed by atoms with Crippen molar-refractivity contribution in [2.45, 2.75) is 13.3 Å². The number of ether oxygens (including phenoxy) is 2. The molecule has 0 rings (SSSR count). The maximum Gasteiger partial charge on any atom is 0.316 e. The van der Waals surface area contributed by atoms with Gasteiger partial charge in [0.25, 0.3) is 5.97 Å². The molecule has 13 heavy (non-hydrogen) atoms. The molecule has 6 heteroatoms. The summed E-state index contributed by atoms with van der Waals surface area (Å²) in [5.74, 6) is -2.00. The van der Waals surface area contributed by atoms with E-state index in [9.17, 15) is 9.59 Å². The fourth-order valence-electron chi connectivity index (χ4n) is 0.262. The number of rotatable bonds is 2. The molecule has 0 amide bonds. The first-order valence-electron chi connectivity index (χ1n) is 3.27. The Labute approximate surface area is 75.4 Å². The lowest BCUT2D eigenvalue weighted by atomic mass is 10.4. The van der Waals surface area contributed by atoms with E-state index >= 15 is 0 Å². The van der Waals surface area contributed by atoms with E-state index < -0.39 is 17.9 Å². The van der Waals surface area contributed by atoms with E-state index in [2.05, 4.69) is 9.47 Å². The zero-order valence-electron chi connectivity index (χ0n) is 7.70. The van der Waals surface area contributed by atoms with Crippen LogP contribution in [-0.4, -0.2) is 37.2 Å². The Morgan fingerprint density at radius 2 is 1.31 bits per heavy atom. The van der Waals surface area contributed by atoms with Crippen molar-refractivity contribution < 1.29 is 29.0 Å². The SMILES string of the molecule is CC(=O)O.COC(=O)CC(=O)OC. The van der Waals surface area contributed by atoms with Crippen molar-refractivity contribution in [2.75, 3.05) is 14.2 Å². The smallest absolute Gasteiger partial charge is 0.316 e. The van der Waals surface area contributed by atoms with Gasteiger partial charge in [0.05, 0.1) is 14.2 Å². The van der Waals surface area contributed by atoms with Gasteiger partial charge < -0.3 is 14.6 Å². The summed E-state index contributed by atoms with van der Waals surface area (Å²) in [4.78, 5) is 29.5. The van der Waals surface area contributed by atoms with Crippen LogP contribution in [0.1, 0.15) is 13.3 Å². The lowest BCUT2D eigenvalue weighted by Crippen LogP contribution is -2.09. The Morgan fingerprint density at radius 1 is 1.08 bits per heavy atom. The lowest BCUT2D eigenvalue weighted by Gasteiger charge is -1.95. The van der Waals surface area contributed by atoms with Gasteiger partial charge in [-0.15, -0.1) is 0 Å². The van der Waals surface area contributed by atoms with Gasteiger partial charge in [0, 0.05) is 6.92 Å². The Bertz CT molecular complexity index is 167. The highest BCUT2D eigenvalue weighted by atomic mass is 16.5. The van der Waals surface area contributed by atoms with Crippen LogP contribution in [0.3, 0.4) is 0 Å². The molecule has 76 valence electrons. The van der Waals surface area contributed by atoms with Crippen molar-refractivity contribution in [1.29, 1.82) is 0 Å². The average Bonchev–Trinajstić information content (AvgIpc) is 2.03. The Balaban J connectivity index is 0. The van der Waals surface area contributed by atoms with Gasteiger partial charge in [0.15, 0.2) is 0 Å². The predicted octanol–water partition coefficient (Wildman–Crippen LogP) is -0.187. The van der Waals surface area contributed by atoms with Crippen LogP contribution in [0.5, 0.6) is 0 Å². The summed E-state index contributed by atoms with van der Waals surface area (Å²) >= 11 is 0. The minimum Gasteiger partial charge on any atom is -0.481 e. The average molecular weight is 192 g/mol. The van der Waals surface area contributed by atoms with Crippen molar-refractivity contribution in [3.63, 3.8) is 0 Å². The van der Waals surface area contributed by atoms with Gasteiger partial charge in [-0.25, -0.2) is 0 Å². The molecule has 0 aromatic carbocycles. The zero-order valence-corrected chi connectivity index (χ0v) is 7.70. The van der Waals surface area contributed by atoms with Crippen molar-refractivity contribution in [3.05, 3.63) is 0 Å². The van der Waals surface area contributed by atoms with Gasteiger partial charge in [-0.2, -0.15) is 0 Å². The third kappa shape index (κ3) is 17.9. The molecular formula is C7H12O6. The Morgan fingerprint density at radius 3 is 1.46 bits per heavy atom. The van der Waals surface area contributed by atoms with Gasteiger partial charge in [-0.3, -0.25) is 14.4 Å². The third-order valence-corrected chi connectivity index (χ3v) is 0.744. The first-order valence-corrected chi connectivity index (χ1v) is 3.27. The van der Waals surface area contributed by atoms with Gasteiger partial charge in [-0.1, -0.05) is 0 Å². The number of methoxy groups -OCH3 is 2. The van der Waals surface area contributed by atoms with Crippen LogP contribution in [0.15, 0.2) is 0 Å². The molecule has 0 fully saturated rings. The summed E-state index contributed by atoms with van der Waals surface area (Å²) in [6.07, 6.45) is -0.312. The molecule has 0 aliphatic carbocycles. The first kappa shape index (κ1) is 14.0. The molecule has 0 aliphatic rings. The monoisotopic (exact) mass is 192 g/mol. The lowest BCUT2D eigenvalue weighted by molar-refractivity contribution is -0.151. The second kappa shape index (κ2) is 8.51. The number of carbonyl (C=O) groups is 3. The predicted molar refractivity (Wildman–Crippen MR) is 42.0 cm³/mol. The van der Waals surface area contributed by atoms with Crippen LogP contribution in [0.4, 0.5) is 0 Å². The van der Waals surface area contributed by atoms with E-state index in [0.717, 1.165) is 6.92 Å². The van der Waals surface area contributed by atoms with E-state index in [4.69, 9.17) is 9.90 Å². The number of carboxylic acids is 1. The summed E-state index contributed by atoms with van der Waals surface area (Å²) in [7, 11) is 2.43. The highest BCUT2D eigenvalue weighted by Gasteiger charge is 2.07. The molecule has 0 aromatic heterocycles. The fraction of sp³-hybridized carbons (Fsp3) is 0.571. The first-order chi connectivity index (χ1) is 5.93. The van der Waals surface area contributed by atoms with Crippen molar-refractivity contribution >= 4 is 17.9 Å². The van der Waals surface area contributed by atoms with E-state index in [1.807, 2.05) is 0 Å². The van der Waals surface area contributed by atoms with Crippen LogP contribution in [0.25, 0.3) is 0 Å². The van der Waals surface area contributed by atoms with Gasteiger partial charge >= 0.3 is 11.9 Å². The van der Waals surface area contributed by atoms with Crippen LogP contribution in [0.2, 0.25) is 0 Å². The molecule has 0 heterocycles. The minimum atomic E-state index is -0.833. The molecule has 0 saturated carbocycles. The molecule has 0 saturated heterocycles. The second-order valence-corrected chi connectivity index (χ2v) is 1.85.